The Morgan fingerprint density at radius 2 is 1.44 bits per heavy atom. The monoisotopic (exact) mass is 228 g/mol. The zero-order valence-electron chi connectivity index (χ0n) is 12.1. The Morgan fingerprint density at radius 3 is 1.69 bits per heavy atom. The molecule has 1 atom stereocenters. The zero-order chi connectivity index (χ0) is 12.6. The molecule has 98 valence electrons. The van der Waals surface area contributed by atoms with Crippen LogP contribution in [0.5, 0.6) is 0 Å². The van der Waals surface area contributed by atoms with Crippen LogP contribution in [0.3, 0.4) is 0 Å². The minimum absolute atomic E-state index is 0.288. The Morgan fingerprint density at radius 1 is 1.00 bits per heavy atom. The summed E-state index contributed by atoms with van der Waals surface area (Å²) in [6, 6.07) is 0.519. The summed E-state index contributed by atoms with van der Waals surface area (Å²) in [5.74, 6) is 0. The first kappa shape index (κ1) is 15.9. The summed E-state index contributed by atoms with van der Waals surface area (Å²) in [6.45, 7) is 14.6. The number of hydrogen-bond acceptors (Lipinski definition) is 2. The molecule has 2 nitrogen and oxygen atoms in total. The van der Waals surface area contributed by atoms with Gasteiger partial charge in [0.1, 0.15) is 0 Å². The fourth-order valence-corrected chi connectivity index (χ4v) is 2.20. The van der Waals surface area contributed by atoms with Crippen LogP contribution in [0.25, 0.3) is 0 Å². The molecule has 0 aliphatic heterocycles. The lowest BCUT2D eigenvalue weighted by molar-refractivity contribution is 0.101. The largest absolute Gasteiger partial charge is 0.329 e. The number of hydrogen-bond donors (Lipinski definition) is 1. The van der Waals surface area contributed by atoms with Crippen molar-refractivity contribution in [1.82, 2.24) is 4.90 Å². The first-order valence-corrected chi connectivity index (χ1v) is 6.91. The van der Waals surface area contributed by atoms with Crippen molar-refractivity contribution in [3.8, 4) is 0 Å². The van der Waals surface area contributed by atoms with Crippen molar-refractivity contribution >= 4 is 0 Å². The lowest BCUT2D eigenvalue weighted by atomic mass is 9.85. The molecule has 0 aliphatic carbocycles. The van der Waals surface area contributed by atoms with Gasteiger partial charge in [-0.05, 0) is 31.3 Å². The minimum atomic E-state index is 0.288. The van der Waals surface area contributed by atoms with E-state index >= 15 is 0 Å². The average molecular weight is 228 g/mol. The molecule has 16 heavy (non-hydrogen) atoms. The van der Waals surface area contributed by atoms with Gasteiger partial charge < -0.3 is 5.73 Å². The van der Waals surface area contributed by atoms with Gasteiger partial charge >= 0.3 is 0 Å². The van der Waals surface area contributed by atoms with E-state index in [1.54, 1.807) is 0 Å². The van der Waals surface area contributed by atoms with Crippen LogP contribution in [-0.4, -0.2) is 30.6 Å². The van der Waals surface area contributed by atoms with Crippen LogP contribution in [-0.2, 0) is 0 Å². The van der Waals surface area contributed by atoms with E-state index in [0.717, 1.165) is 6.54 Å². The number of unbranched alkanes of at least 4 members (excludes halogenated alkanes) is 2. The smallest absolute Gasteiger partial charge is 0.0266 e. The van der Waals surface area contributed by atoms with E-state index in [9.17, 15) is 0 Å². The summed E-state index contributed by atoms with van der Waals surface area (Å²) in [5, 5.41) is 0. The highest BCUT2D eigenvalue weighted by molar-refractivity contribution is 4.84. The normalized spacial score (nSPS) is 14.4. The molecule has 0 heterocycles. The molecule has 0 aromatic carbocycles. The summed E-state index contributed by atoms with van der Waals surface area (Å²) in [5.41, 5.74) is 6.25. The minimum Gasteiger partial charge on any atom is -0.329 e. The Labute approximate surface area is 103 Å². The summed E-state index contributed by atoms with van der Waals surface area (Å²) in [6.07, 6.45) is 5.11. The maximum Gasteiger partial charge on any atom is 0.0266 e. The maximum absolute atomic E-state index is 5.96. The summed E-state index contributed by atoms with van der Waals surface area (Å²) in [4.78, 5) is 2.60. The molecule has 0 aromatic rings. The Bertz CT molecular complexity index is 153. The maximum atomic E-state index is 5.96. The van der Waals surface area contributed by atoms with E-state index in [1.165, 1.54) is 38.8 Å². The van der Waals surface area contributed by atoms with Crippen molar-refractivity contribution < 1.29 is 0 Å². The Hall–Kier alpha value is -0.0800. The van der Waals surface area contributed by atoms with E-state index < -0.39 is 0 Å². The van der Waals surface area contributed by atoms with Gasteiger partial charge in [0.15, 0.2) is 0 Å². The van der Waals surface area contributed by atoms with Gasteiger partial charge in [-0.3, -0.25) is 4.90 Å². The van der Waals surface area contributed by atoms with E-state index in [0.29, 0.717) is 6.04 Å². The van der Waals surface area contributed by atoms with Gasteiger partial charge in [-0.1, -0.05) is 47.5 Å². The number of nitrogens with two attached hydrogens (primary N) is 1. The van der Waals surface area contributed by atoms with Gasteiger partial charge in [-0.15, -0.1) is 0 Å². The predicted molar refractivity (Wildman–Crippen MR) is 73.7 cm³/mol. The first-order valence-electron chi connectivity index (χ1n) is 6.91. The average Bonchev–Trinajstić information content (AvgIpc) is 2.20. The van der Waals surface area contributed by atoms with E-state index in [2.05, 4.69) is 39.5 Å². The fraction of sp³-hybridized carbons (Fsp3) is 1.00. The van der Waals surface area contributed by atoms with Crippen molar-refractivity contribution in [2.45, 2.75) is 66.3 Å². The SMILES string of the molecule is CCCCN(CCCC)C(CN)C(C)(C)C. The molecule has 0 aromatic heterocycles. The van der Waals surface area contributed by atoms with Crippen molar-refractivity contribution in [2.75, 3.05) is 19.6 Å². The van der Waals surface area contributed by atoms with Gasteiger partial charge in [0.25, 0.3) is 0 Å². The molecule has 0 spiro atoms. The molecule has 0 bridgehead atoms. The van der Waals surface area contributed by atoms with Crippen LogP contribution in [0.15, 0.2) is 0 Å². The second-order valence-corrected chi connectivity index (χ2v) is 5.86. The van der Waals surface area contributed by atoms with Crippen molar-refractivity contribution in [3.63, 3.8) is 0 Å². The third-order valence-corrected chi connectivity index (χ3v) is 3.26. The van der Waals surface area contributed by atoms with Crippen molar-refractivity contribution in [2.24, 2.45) is 11.1 Å². The van der Waals surface area contributed by atoms with E-state index in [1.807, 2.05) is 0 Å². The van der Waals surface area contributed by atoms with Crippen LogP contribution in [0, 0.1) is 5.41 Å². The van der Waals surface area contributed by atoms with Gasteiger partial charge in [0.2, 0.25) is 0 Å². The van der Waals surface area contributed by atoms with Crippen LogP contribution in [0.2, 0.25) is 0 Å². The summed E-state index contributed by atoms with van der Waals surface area (Å²) >= 11 is 0. The lowest BCUT2D eigenvalue weighted by Crippen LogP contribution is -2.49. The predicted octanol–water partition coefficient (Wildman–Crippen LogP) is 3.26. The molecule has 0 rings (SSSR count). The molecular formula is C14H32N2. The second-order valence-electron chi connectivity index (χ2n) is 5.86. The fourth-order valence-electron chi connectivity index (χ4n) is 2.20. The van der Waals surface area contributed by atoms with Gasteiger partial charge in [-0.2, -0.15) is 0 Å². The first-order chi connectivity index (χ1) is 7.47. The Kier molecular flexibility index (Phi) is 8.04. The molecule has 0 saturated heterocycles. The highest BCUT2D eigenvalue weighted by Gasteiger charge is 2.28. The molecule has 0 saturated carbocycles. The molecule has 0 radical (unpaired) electrons. The molecule has 0 aliphatic rings. The van der Waals surface area contributed by atoms with Crippen LogP contribution >= 0.6 is 0 Å². The summed E-state index contributed by atoms with van der Waals surface area (Å²) in [7, 11) is 0. The molecule has 0 amide bonds. The highest BCUT2D eigenvalue weighted by Crippen LogP contribution is 2.24. The van der Waals surface area contributed by atoms with Gasteiger partial charge in [-0.25, -0.2) is 0 Å². The van der Waals surface area contributed by atoms with Crippen molar-refractivity contribution in [1.29, 1.82) is 0 Å². The number of rotatable bonds is 8. The second kappa shape index (κ2) is 8.08. The van der Waals surface area contributed by atoms with Crippen LogP contribution < -0.4 is 5.73 Å². The molecule has 1 unspecified atom stereocenters. The van der Waals surface area contributed by atoms with E-state index in [-0.39, 0.29) is 5.41 Å². The highest BCUT2D eigenvalue weighted by atomic mass is 15.2. The molecule has 0 fully saturated rings. The van der Waals surface area contributed by atoms with Gasteiger partial charge in [0.05, 0.1) is 0 Å². The molecule has 2 heteroatoms. The van der Waals surface area contributed by atoms with Crippen molar-refractivity contribution in [3.05, 3.63) is 0 Å². The van der Waals surface area contributed by atoms with Crippen LogP contribution in [0.1, 0.15) is 60.3 Å². The quantitative estimate of drug-likeness (QED) is 0.691. The summed E-state index contributed by atoms with van der Waals surface area (Å²) < 4.78 is 0. The standard InChI is InChI=1S/C14H32N2/c1-6-8-10-16(11-9-7-2)13(12-15)14(3,4)5/h13H,6-12,15H2,1-5H3. The molecule has 2 N–H and O–H groups in total. The third kappa shape index (κ3) is 5.86. The Balaban J connectivity index is 4.42. The zero-order valence-corrected chi connectivity index (χ0v) is 12.1. The lowest BCUT2D eigenvalue weighted by Gasteiger charge is -2.39. The topological polar surface area (TPSA) is 29.3 Å². The molecular weight excluding hydrogens is 196 g/mol. The third-order valence-electron chi connectivity index (χ3n) is 3.26. The van der Waals surface area contributed by atoms with Gasteiger partial charge in [0, 0.05) is 12.6 Å². The van der Waals surface area contributed by atoms with Crippen LogP contribution in [0.4, 0.5) is 0 Å². The number of nitrogens with zero attached hydrogens (tertiary/aromatic N) is 1. The van der Waals surface area contributed by atoms with E-state index in [4.69, 9.17) is 5.73 Å².